The lowest BCUT2D eigenvalue weighted by molar-refractivity contribution is 0.188. The second kappa shape index (κ2) is 5.94. The van der Waals surface area contributed by atoms with Crippen LogP contribution in [0.25, 0.3) is 0 Å². The summed E-state index contributed by atoms with van der Waals surface area (Å²) in [6, 6.07) is 8.37. The van der Waals surface area contributed by atoms with Crippen molar-refractivity contribution >= 4 is 21.6 Å². The Balaban J connectivity index is 2.06. The minimum absolute atomic E-state index is 0.296. The average Bonchev–Trinajstić information content (AvgIpc) is 2.37. The van der Waals surface area contributed by atoms with Crippen molar-refractivity contribution in [3.63, 3.8) is 0 Å². The number of nitrogens with one attached hydrogen (secondary N) is 2. The van der Waals surface area contributed by atoms with Gasteiger partial charge in [0, 0.05) is 17.1 Å². The number of halogens is 1. The summed E-state index contributed by atoms with van der Waals surface area (Å²) in [6.45, 7) is 6.53. The lowest BCUT2D eigenvalue weighted by atomic mass is 9.77. The maximum Gasteiger partial charge on any atom is 0.101 e. The molecule has 19 heavy (non-hydrogen) atoms. The molecule has 0 bridgehead atoms. The molecule has 4 heteroatoms. The van der Waals surface area contributed by atoms with E-state index in [0.717, 1.165) is 23.2 Å². The van der Waals surface area contributed by atoms with Gasteiger partial charge in [-0.3, -0.25) is 0 Å². The molecule has 2 N–H and O–H groups in total. The summed E-state index contributed by atoms with van der Waals surface area (Å²) in [5.41, 5.74) is 1.89. The van der Waals surface area contributed by atoms with E-state index in [1.807, 2.05) is 18.2 Å². The Labute approximate surface area is 123 Å². The van der Waals surface area contributed by atoms with Crippen LogP contribution in [0.1, 0.15) is 32.3 Å². The number of piperidine rings is 1. The molecule has 1 aromatic rings. The summed E-state index contributed by atoms with van der Waals surface area (Å²) in [7, 11) is 0. The molecule has 1 unspecified atom stereocenters. The molecule has 3 nitrogen and oxygen atoms in total. The summed E-state index contributed by atoms with van der Waals surface area (Å²) < 4.78 is 0.991. The zero-order valence-electron chi connectivity index (χ0n) is 11.5. The third kappa shape index (κ3) is 3.49. The molecule has 0 saturated carbocycles. The summed E-state index contributed by atoms with van der Waals surface area (Å²) >= 11 is 3.45. The summed E-state index contributed by atoms with van der Waals surface area (Å²) in [4.78, 5) is 0. The normalized spacial score (nSPS) is 21.7. The van der Waals surface area contributed by atoms with E-state index in [-0.39, 0.29) is 0 Å². The van der Waals surface area contributed by atoms with Crippen molar-refractivity contribution in [3.8, 4) is 6.07 Å². The Morgan fingerprint density at radius 1 is 1.53 bits per heavy atom. The number of nitrogens with zero attached hydrogens (tertiary/aromatic N) is 1. The number of rotatable bonds is 3. The maximum atomic E-state index is 9.13. The number of anilines is 1. The van der Waals surface area contributed by atoms with Gasteiger partial charge in [-0.2, -0.15) is 5.26 Å². The topological polar surface area (TPSA) is 47.8 Å². The van der Waals surface area contributed by atoms with Gasteiger partial charge in [0.25, 0.3) is 0 Å². The van der Waals surface area contributed by atoms with E-state index in [1.165, 1.54) is 12.8 Å². The van der Waals surface area contributed by atoms with Crippen LogP contribution in [0.4, 0.5) is 5.69 Å². The Morgan fingerprint density at radius 2 is 2.32 bits per heavy atom. The Morgan fingerprint density at radius 3 is 3.00 bits per heavy atom. The van der Waals surface area contributed by atoms with Gasteiger partial charge in [0.2, 0.25) is 0 Å². The fraction of sp³-hybridized carbons (Fsp3) is 0.533. The first kappa shape index (κ1) is 14.4. The van der Waals surface area contributed by atoms with Crippen LogP contribution in [0.15, 0.2) is 22.7 Å². The summed E-state index contributed by atoms with van der Waals surface area (Å²) in [5.74, 6) is 0. The molecule has 1 fully saturated rings. The fourth-order valence-electron chi connectivity index (χ4n) is 2.59. The molecular formula is C15H20BrN3. The van der Waals surface area contributed by atoms with Crippen molar-refractivity contribution in [1.82, 2.24) is 5.32 Å². The molecule has 0 aliphatic carbocycles. The van der Waals surface area contributed by atoms with E-state index in [2.05, 4.69) is 46.5 Å². The predicted molar refractivity (Wildman–Crippen MR) is 82.2 cm³/mol. The average molecular weight is 322 g/mol. The molecule has 0 amide bonds. The van der Waals surface area contributed by atoms with Crippen molar-refractivity contribution in [3.05, 3.63) is 28.2 Å². The third-order valence-corrected chi connectivity index (χ3v) is 4.42. The van der Waals surface area contributed by atoms with Crippen molar-refractivity contribution in [2.45, 2.75) is 32.7 Å². The monoisotopic (exact) mass is 321 g/mol. The van der Waals surface area contributed by atoms with E-state index < -0.39 is 0 Å². The number of hydrogen-bond acceptors (Lipinski definition) is 3. The second-order valence-corrected chi connectivity index (χ2v) is 6.70. The molecule has 0 radical (unpaired) electrons. The zero-order valence-corrected chi connectivity index (χ0v) is 13.0. The van der Waals surface area contributed by atoms with E-state index in [0.29, 0.717) is 17.0 Å². The van der Waals surface area contributed by atoms with Gasteiger partial charge < -0.3 is 10.6 Å². The number of benzene rings is 1. The van der Waals surface area contributed by atoms with Gasteiger partial charge in [-0.05, 0) is 43.0 Å². The van der Waals surface area contributed by atoms with Crippen LogP contribution in [0.2, 0.25) is 0 Å². The van der Waals surface area contributed by atoms with Crippen LogP contribution in [0.5, 0.6) is 0 Å². The van der Waals surface area contributed by atoms with Crippen LogP contribution in [0, 0.1) is 16.7 Å². The Bertz CT molecular complexity index is 491. The molecule has 1 aliphatic rings. The summed E-state index contributed by atoms with van der Waals surface area (Å²) in [6.07, 6.45) is 2.49. The highest BCUT2D eigenvalue weighted by molar-refractivity contribution is 9.10. The van der Waals surface area contributed by atoms with Crippen molar-refractivity contribution in [2.24, 2.45) is 5.41 Å². The van der Waals surface area contributed by atoms with Gasteiger partial charge >= 0.3 is 0 Å². The Kier molecular flexibility index (Phi) is 4.49. The highest BCUT2D eigenvalue weighted by Gasteiger charge is 2.31. The molecule has 1 aliphatic heterocycles. The van der Waals surface area contributed by atoms with Crippen molar-refractivity contribution in [1.29, 1.82) is 5.26 Å². The van der Waals surface area contributed by atoms with Gasteiger partial charge in [0.1, 0.15) is 6.07 Å². The fourth-order valence-corrected chi connectivity index (χ4v) is 2.95. The van der Waals surface area contributed by atoms with Gasteiger partial charge in [0.05, 0.1) is 11.3 Å². The minimum atomic E-state index is 0.296. The maximum absolute atomic E-state index is 9.13. The van der Waals surface area contributed by atoms with E-state index >= 15 is 0 Å². The van der Waals surface area contributed by atoms with Crippen molar-refractivity contribution in [2.75, 3.05) is 18.4 Å². The van der Waals surface area contributed by atoms with Crippen LogP contribution >= 0.6 is 15.9 Å². The highest BCUT2D eigenvalue weighted by atomic mass is 79.9. The largest absolute Gasteiger partial charge is 0.382 e. The molecule has 0 spiro atoms. The van der Waals surface area contributed by atoms with Crippen LogP contribution in [-0.2, 0) is 0 Å². The SMILES string of the molecule is CC1(C)CCCNC1CNc1cc(Br)ccc1C#N. The first-order valence-corrected chi connectivity index (χ1v) is 7.49. The van der Waals surface area contributed by atoms with Crippen LogP contribution in [-0.4, -0.2) is 19.1 Å². The van der Waals surface area contributed by atoms with Gasteiger partial charge in [-0.25, -0.2) is 0 Å². The zero-order chi connectivity index (χ0) is 13.9. The van der Waals surface area contributed by atoms with Crippen molar-refractivity contribution < 1.29 is 0 Å². The lowest BCUT2D eigenvalue weighted by Crippen LogP contribution is -2.50. The number of nitriles is 1. The second-order valence-electron chi connectivity index (χ2n) is 5.78. The number of hydrogen-bond donors (Lipinski definition) is 2. The van der Waals surface area contributed by atoms with Gasteiger partial charge in [-0.15, -0.1) is 0 Å². The smallest absolute Gasteiger partial charge is 0.101 e. The van der Waals surface area contributed by atoms with E-state index in [4.69, 9.17) is 5.26 Å². The molecule has 1 saturated heterocycles. The quantitative estimate of drug-likeness (QED) is 0.895. The lowest BCUT2D eigenvalue weighted by Gasteiger charge is -2.39. The molecule has 1 heterocycles. The first-order chi connectivity index (χ1) is 9.03. The van der Waals surface area contributed by atoms with Crippen LogP contribution in [0.3, 0.4) is 0 Å². The highest BCUT2D eigenvalue weighted by Crippen LogP contribution is 2.30. The molecule has 1 atom stereocenters. The first-order valence-electron chi connectivity index (χ1n) is 6.70. The predicted octanol–water partition coefficient (Wildman–Crippen LogP) is 3.51. The van der Waals surface area contributed by atoms with Crippen LogP contribution < -0.4 is 10.6 Å². The molecule has 1 aromatic carbocycles. The molecule has 2 rings (SSSR count). The minimum Gasteiger partial charge on any atom is -0.382 e. The molecular weight excluding hydrogens is 302 g/mol. The molecule has 102 valence electrons. The van der Waals surface area contributed by atoms with E-state index in [1.54, 1.807) is 0 Å². The van der Waals surface area contributed by atoms with Gasteiger partial charge in [0.15, 0.2) is 0 Å². The Hall–Kier alpha value is -1.05. The molecule has 0 aromatic heterocycles. The van der Waals surface area contributed by atoms with Gasteiger partial charge in [-0.1, -0.05) is 29.8 Å². The third-order valence-electron chi connectivity index (χ3n) is 3.93. The standard InChI is InChI=1S/C15H20BrN3/c1-15(2)6-3-7-18-14(15)10-19-13-8-12(16)5-4-11(13)9-17/h4-5,8,14,18-19H,3,6-7,10H2,1-2H3. The summed E-state index contributed by atoms with van der Waals surface area (Å²) in [5, 5.41) is 16.1. The van der Waals surface area contributed by atoms with E-state index in [9.17, 15) is 0 Å².